The summed E-state index contributed by atoms with van der Waals surface area (Å²) >= 11 is 0. The van der Waals surface area contributed by atoms with Crippen LogP contribution in [0, 0.1) is 6.92 Å². The van der Waals surface area contributed by atoms with Crippen molar-refractivity contribution in [2.75, 3.05) is 13.7 Å². The maximum atomic E-state index is 12.6. The Kier molecular flexibility index (Phi) is 4.58. The van der Waals surface area contributed by atoms with Crippen molar-refractivity contribution in [1.29, 1.82) is 0 Å². The van der Waals surface area contributed by atoms with E-state index < -0.39 is 11.5 Å². The van der Waals surface area contributed by atoms with E-state index in [9.17, 15) is 9.90 Å². The topological polar surface area (TPSA) is 58.6 Å². The fourth-order valence-corrected chi connectivity index (χ4v) is 3.02. The predicted octanol–water partition coefficient (Wildman–Crippen LogP) is 2.89. The minimum atomic E-state index is -0.729. The van der Waals surface area contributed by atoms with Gasteiger partial charge >= 0.3 is 0 Å². The van der Waals surface area contributed by atoms with Gasteiger partial charge < -0.3 is 15.2 Å². The number of carbonyl (C=O) groups excluding carboxylic acids is 1. The highest BCUT2D eigenvalue weighted by Gasteiger charge is 2.51. The number of rotatable bonds is 6. The summed E-state index contributed by atoms with van der Waals surface area (Å²) in [4.78, 5) is 12.6. The fraction of sp³-hybridized carbons (Fsp3) is 0.350. The molecule has 1 atom stereocenters. The van der Waals surface area contributed by atoms with Gasteiger partial charge in [0.25, 0.3) is 0 Å². The SMILES string of the molecule is COc1ccc([C@@H](O)CNC(=O)C2(c3cccc(C)c3)CC2)cc1. The molecular formula is C20H23NO3. The number of nitrogens with one attached hydrogen (secondary N) is 1. The smallest absolute Gasteiger partial charge is 0.230 e. The second kappa shape index (κ2) is 6.65. The Labute approximate surface area is 142 Å². The van der Waals surface area contributed by atoms with Gasteiger partial charge in [0, 0.05) is 6.54 Å². The number of aryl methyl sites for hydroxylation is 1. The van der Waals surface area contributed by atoms with Gasteiger partial charge in [0.2, 0.25) is 5.91 Å². The minimum absolute atomic E-state index is 0.000613. The van der Waals surface area contributed by atoms with Crippen molar-refractivity contribution in [3.05, 3.63) is 65.2 Å². The van der Waals surface area contributed by atoms with Gasteiger partial charge in [-0.15, -0.1) is 0 Å². The first kappa shape index (κ1) is 16.5. The predicted molar refractivity (Wildman–Crippen MR) is 93.1 cm³/mol. The molecule has 0 heterocycles. The van der Waals surface area contributed by atoms with Crippen LogP contribution in [-0.2, 0) is 10.2 Å². The number of methoxy groups -OCH3 is 1. The highest BCUT2D eigenvalue weighted by molar-refractivity contribution is 5.91. The molecule has 2 aromatic rings. The summed E-state index contributed by atoms with van der Waals surface area (Å²) in [7, 11) is 1.60. The molecule has 4 heteroatoms. The lowest BCUT2D eigenvalue weighted by Gasteiger charge is -2.18. The summed E-state index contributed by atoms with van der Waals surface area (Å²) < 4.78 is 5.11. The third-order valence-corrected chi connectivity index (χ3v) is 4.71. The second-order valence-electron chi connectivity index (χ2n) is 6.45. The van der Waals surface area contributed by atoms with Crippen molar-refractivity contribution < 1.29 is 14.6 Å². The molecule has 0 unspecified atom stereocenters. The van der Waals surface area contributed by atoms with Crippen LogP contribution in [-0.4, -0.2) is 24.7 Å². The zero-order chi connectivity index (χ0) is 17.2. The first-order valence-electron chi connectivity index (χ1n) is 8.23. The van der Waals surface area contributed by atoms with Crippen molar-refractivity contribution in [2.45, 2.75) is 31.3 Å². The summed E-state index contributed by atoms with van der Waals surface area (Å²) in [6.07, 6.45) is 0.995. The van der Waals surface area contributed by atoms with Gasteiger partial charge in [0.1, 0.15) is 5.75 Å². The van der Waals surface area contributed by atoms with E-state index in [2.05, 4.69) is 11.4 Å². The van der Waals surface area contributed by atoms with Crippen LogP contribution in [0.15, 0.2) is 48.5 Å². The molecule has 1 amide bonds. The summed E-state index contributed by atoms with van der Waals surface area (Å²) in [6.45, 7) is 2.24. The Morgan fingerprint density at radius 2 is 1.96 bits per heavy atom. The van der Waals surface area contributed by atoms with E-state index in [0.29, 0.717) is 0 Å². The van der Waals surface area contributed by atoms with Gasteiger partial charge in [-0.05, 0) is 43.0 Å². The van der Waals surface area contributed by atoms with Crippen molar-refractivity contribution in [2.24, 2.45) is 0 Å². The lowest BCUT2D eigenvalue weighted by Crippen LogP contribution is -2.37. The van der Waals surface area contributed by atoms with E-state index in [-0.39, 0.29) is 12.5 Å². The summed E-state index contributed by atoms with van der Waals surface area (Å²) in [5, 5.41) is 13.2. The Morgan fingerprint density at radius 1 is 1.25 bits per heavy atom. The van der Waals surface area contributed by atoms with Crippen LogP contribution < -0.4 is 10.1 Å². The molecule has 2 aromatic carbocycles. The molecule has 1 fully saturated rings. The number of aliphatic hydroxyl groups is 1. The molecule has 4 nitrogen and oxygen atoms in total. The molecule has 126 valence electrons. The van der Waals surface area contributed by atoms with Gasteiger partial charge in [-0.3, -0.25) is 4.79 Å². The van der Waals surface area contributed by atoms with Gasteiger partial charge in [-0.1, -0.05) is 42.0 Å². The molecule has 0 bridgehead atoms. The second-order valence-corrected chi connectivity index (χ2v) is 6.45. The number of hydrogen-bond donors (Lipinski definition) is 2. The Morgan fingerprint density at radius 3 is 2.54 bits per heavy atom. The third-order valence-electron chi connectivity index (χ3n) is 4.71. The zero-order valence-corrected chi connectivity index (χ0v) is 14.1. The molecule has 24 heavy (non-hydrogen) atoms. The molecule has 0 aromatic heterocycles. The van der Waals surface area contributed by atoms with E-state index in [1.807, 2.05) is 37.3 Å². The average molecular weight is 325 g/mol. The Bertz CT molecular complexity index is 720. The van der Waals surface area contributed by atoms with Crippen molar-refractivity contribution in [3.63, 3.8) is 0 Å². The maximum absolute atomic E-state index is 12.6. The standard InChI is InChI=1S/C20H23NO3/c1-14-4-3-5-16(12-14)20(10-11-20)19(23)21-13-18(22)15-6-8-17(24-2)9-7-15/h3-9,12,18,22H,10-11,13H2,1-2H3,(H,21,23)/t18-/m0/s1. The van der Waals surface area contributed by atoms with Crippen LogP contribution in [0.5, 0.6) is 5.75 Å². The Balaban J connectivity index is 1.62. The molecule has 0 spiro atoms. The number of amides is 1. The quantitative estimate of drug-likeness (QED) is 0.858. The number of benzene rings is 2. The maximum Gasteiger partial charge on any atom is 0.230 e. The molecule has 1 saturated carbocycles. The van der Waals surface area contributed by atoms with Gasteiger partial charge in [0.05, 0.1) is 18.6 Å². The normalized spacial score (nSPS) is 16.3. The summed E-state index contributed by atoms with van der Waals surface area (Å²) in [6, 6.07) is 15.3. The lowest BCUT2D eigenvalue weighted by atomic mass is 9.93. The number of aliphatic hydroxyl groups excluding tert-OH is 1. The molecule has 1 aliphatic rings. The van der Waals surface area contributed by atoms with Crippen LogP contribution in [0.4, 0.5) is 0 Å². The zero-order valence-electron chi connectivity index (χ0n) is 14.1. The molecule has 0 aliphatic heterocycles. The van der Waals surface area contributed by atoms with E-state index >= 15 is 0 Å². The van der Waals surface area contributed by atoms with Gasteiger partial charge in [-0.25, -0.2) is 0 Å². The number of ether oxygens (including phenoxy) is 1. The molecule has 0 radical (unpaired) electrons. The molecule has 0 saturated heterocycles. The fourth-order valence-electron chi connectivity index (χ4n) is 3.02. The highest BCUT2D eigenvalue weighted by Crippen LogP contribution is 2.48. The largest absolute Gasteiger partial charge is 0.497 e. The van der Waals surface area contributed by atoms with Crippen LogP contribution in [0.2, 0.25) is 0 Å². The van der Waals surface area contributed by atoms with E-state index in [1.165, 1.54) is 0 Å². The van der Waals surface area contributed by atoms with Crippen molar-refractivity contribution in [3.8, 4) is 5.75 Å². The van der Waals surface area contributed by atoms with Crippen LogP contribution in [0.25, 0.3) is 0 Å². The van der Waals surface area contributed by atoms with E-state index in [4.69, 9.17) is 4.74 Å². The number of hydrogen-bond acceptors (Lipinski definition) is 3. The number of carbonyl (C=O) groups is 1. The van der Waals surface area contributed by atoms with E-state index in [1.54, 1.807) is 19.2 Å². The van der Waals surface area contributed by atoms with Crippen LogP contribution >= 0.6 is 0 Å². The lowest BCUT2D eigenvalue weighted by molar-refractivity contribution is -0.124. The first-order chi connectivity index (χ1) is 11.5. The third kappa shape index (κ3) is 3.29. The summed E-state index contributed by atoms with van der Waals surface area (Å²) in [5.41, 5.74) is 2.58. The average Bonchev–Trinajstić information content (AvgIpc) is 3.41. The van der Waals surface area contributed by atoms with Crippen LogP contribution in [0.1, 0.15) is 35.6 Å². The molecule has 2 N–H and O–H groups in total. The van der Waals surface area contributed by atoms with Crippen LogP contribution in [0.3, 0.4) is 0 Å². The van der Waals surface area contributed by atoms with Gasteiger partial charge in [-0.2, -0.15) is 0 Å². The molecular weight excluding hydrogens is 302 g/mol. The summed E-state index contributed by atoms with van der Waals surface area (Å²) in [5.74, 6) is 0.743. The first-order valence-corrected chi connectivity index (χ1v) is 8.23. The monoisotopic (exact) mass is 325 g/mol. The van der Waals surface area contributed by atoms with Gasteiger partial charge in [0.15, 0.2) is 0 Å². The minimum Gasteiger partial charge on any atom is -0.497 e. The van der Waals surface area contributed by atoms with E-state index in [0.717, 1.165) is 35.3 Å². The Hall–Kier alpha value is -2.33. The highest BCUT2D eigenvalue weighted by atomic mass is 16.5. The molecule has 3 rings (SSSR count). The molecule has 1 aliphatic carbocycles. The van der Waals surface area contributed by atoms with Crippen molar-refractivity contribution >= 4 is 5.91 Å². The van der Waals surface area contributed by atoms with Crippen molar-refractivity contribution in [1.82, 2.24) is 5.32 Å².